The highest BCUT2D eigenvalue weighted by Gasteiger charge is 2.35. The van der Waals surface area contributed by atoms with Gasteiger partial charge in [-0.1, -0.05) is 6.92 Å². The molecule has 2 aliphatic heterocycles. The molecule has 2 heterocycles. The standard InChI is InChI=1S/C20H27N3OS/c1-12-8-16-15(13(2)11-20(3,4)23(16)7)9-14(12)10-17-18(24)22(6)19(21-5)25-17/h8-10,13H,11H2,1-7H3/b17-10+,21-19?. The van der Waals surface area contributed by atoms with Crippen molar-refractivity contribution in [1.29, 1.82) is 0 Å². The summed E-state index contributed by atoms with van der Waals surface area (Å²) in [5, 5.41) is 0.752. The summed E-state index contributed by atoms with van der Waals surface area (Å²) in [6.07, 6.45) is 3.14. The van der Waals surface area contributed by atoms with Crippen molar-refractivity contribution in [2.75, 3.05) is 26.0 Å². The fraction of sp³-hybridized carbons (Fsp3) is 0.500. The number of fused-ring (bicyclic) bond motifs is 1. The van der Waals surface area contributed by atoms with Crippen LogP contribution >= 0.6 is 11.8 Å². The maximum absolute atomic E-state index is 12.4. The molecule has 1 atom stereocenters. The summed E-state index contributed by atoms with van der Waals surface area (Å²) < 4.78 is 0. The predicted octanol–water partition coefficient (Wildman–Crippen LogP) is 4.25. The van der Waals surface area contributed by atoms with Crippen LogP contribution in [0.3, 0.4) is 0 Å². The lowest BCUT2D eigenvalue weighted by Crippen LogP contribution is -2.45. The molecule has 0 bridgehead atoms. The van der Waals surface area contributed by atoms with Gasteiger partial charge in [-0.25, -0.2) is 0 Å². The van der Waals surface area contributed by atoms with Crippen LogP contribution < -0.4 is 4.90 Å². The average molecular weight is 358 g/mol. The van der Waals surface area contributed by atoms with Gasteiger partial charge >= 0.3 is 0 Å². The summed E-state index contributed by atoms with van der Waals surface area (Å²) in [5.41, 5.74) is 5.15. The van der Waals surface area contributed by atoms with E-state index in [1.54, 1.807) is 19.0 Å². The van der Waals surface area contributed by atoms with Gasteiger partial charge in [-0.05, 0) is 79.8 Å². The zero-order chi connectivity index (χ0) is 18.5. The number of aliphatic imine (C=N–C) groups is 1. The quantitative estimate of drug-likeness (QED) is 0.705. The summed E-state index contributed by atoms with van der Waals surface area (Å²) in [6.45, 7) is 9.01. The Labute approximate surface area is 155 Å². The summed E-state index contributed by atoms with van der Waals surface area (Å²) in [4.78, 5) is 21.3. The van der Waals surface area contributed by atoms with Crippen molar-refractivity contribution in [2.45, 2.75) is 45.6 Å². The molecule has 0 radical (unpaired) electrons. The Balaban J connectivity index is 2.05. The van der Waals surface area contributed by atoms with Gasteiger partial charge in [-0.2, -0.15) is 0 Å². The second-order valence-electron chi connectivity index (χ2n) is 7.73. The van der Waals surface area contributed by atoms with E-state index >= 15 is 0 Å². The van der Waals surface area contributed by atoms with Gasteiger partial charge in [0.2, 0.25) is 0 Å². The largest absolute Gasteiger partial charge is 0.369 e. The van der Waals surface area contributed by atoms with Crippen molar-refractivity contribution in [3.63, 3.8) is 0 Å². The van der Waals surface area contributed by atoms with Crippen LogP contribution in [0.1, 0.15) is 49.8 Å². The molecule has 2 aliphatic rings. The van der Waals surface area contributed by atoms with Crippen LogP contribution in [0.2, 0.25) is 0 Å². The second-order valence-corrected chi connectivity index (χ2v) is 8.73. The predicted molar refractivity (Wildman–Crippen MR) is 108 cm³/mol. The molecular formula is C20H27N3OS. The number of amidine groups is 1. The van der Waals surface area contributed by atoms with Gasteiger partial charge < -0.3 is 4.90 Å². The number of benzene rings is 1. The first-order valence-electron chi connectivity index (χ1n) is 8.68. The molecule has 1 amide bonds. The minimum Gasteiger partial charge on any atom is -0.369 e. The molecular weight excluding hydrogens is 330 g/mol. The van der Waals surface area contributed by atoms with E-state index in [9.17, 15) is 4.79 Å². The van der Waals surface area contributed by atoms with Crippen molar-refractivity contribution in [2.24, 2.45) is 4.99 Å². The summed E-state index contributed by atoms with van der Waals surface area (Å²) >= 11 is 1.45. The molecule has 0 N–H and O–H groups in total. The Hall–Kier alpha value is -1.75. The Kier molecular flexibility index (Phi) is 4.48. The first-order valence-corrected chi connectivity index (χ1v) is 9.50. The van der Waals surface area contributed by atoms with Gasteiger partial charge in [0.15, 0.2) is 5.17 Å². The molecule has 0 aliphatic carbocycles. The number of hydrogen-bond acceptors (Lipinski definition) is 4. The van der Waals surface area contributed by atoms with Crippen LogP contribution in [0.5, 0.6) is 0 Å². The molecule has 1 saturated heterocycles. The van der Waals surface area contributed by atoms with E-state index in [1.807, 2.05) is 6.08 Å². The molecule has 3 rings (SSSR count). The summed E-state index contributed by atoms with van der Waals surface area (Å²) in [7, 11) is 5.67. The number of amides is 1. The number of hydrogen-bond donors (Lipinski definition) is 0. The minimum atomic E-state index is 0.0222. The maximum Gasteiger partial charge on any atom is 0.266 e. The molecule has 134 valence electrons. The summed E-state index contributed by atoms with van der Waals surface area (Å²) in [5.74, 6) is 0.523. The van der Waals surface area contributed by atoms with Crippen molar-refractivity contribution in [1.82, 2.24) is 4.90 Å². The third-order valence-electron chi connectivity index (χ3n) is 5.50. The molecule has 0 spiro atoms. The highest BCUT2D eigenvalue weighted by atomic mass is 32.2. The average Bonchev–Trinajstić information content (AvgIpc) is 2.81. The van der Waals surface area contributed by atoms with Gasteiger partial charge in [-0.3, -0.25) is 14.7 Å². The van der Waals surface area contributed by atoms with Crippen LogP contribution in [0.15, 0.2) is 22.0 Å². The second kappa shape index (κ2) is 6.20. The van der Waals surface area contributed by atoms with Crippen molar-refractivity contribution in [3.8, 4) is 0 Å². The van der Waals surface area contributed by atoms with Gasteiger partial charge in [0.05, 0.1) is 4.91 Å². The number of likely N-dealkylation sites (N-methyl/N-ethyl adjacent to an activating group) is 1. The lowest BCUT2D eigenvalue weighted by Gasteiger charge is -2.45. The monoisotopic (exact) mass is 357 g/mol. The number of carbonyl (C=O) groups excluding carboxylic acids is 1. The summed E-state index contributed by atoms with van der Waals surface area (Å²) in [6, 6.07) is 4.53. The molecule has 25 heavy (non-hydrogen) atoms. The van der Waals surface area contributed by atoms with Crippen LogP contribution in [-0.2, 0) is 4.79 Å². The van der Waals surface area contributed by atoms with Crippen molar-refractivity contribution < 1.29 is 4.79 Å². The Bertz CT molecular complexity index is 794. The molecule has 1 unspecified atom stereocenters. The molecule has 1 aromatic carbocycles. The van der Waals surface area contributed by atoms with Gasteiger partial charge in [0, 0.05) is 32.4 Å². The SMILES string of the molecule is CN=C1S/C(=C/c2cc3c(cc2C)N(C)C(C)(C)CC3C)C(=O)N1C. The lowest BCUT2D eigenvalue weighted by atomic mass is 9.79. The van der Waals surface area contributed by atoms with E-state index in [0.717, 1.165) is 22.1 Å². The number of thioether (sulfide) groups is 1. The van der Waals surface area contributed by atoms with E-state index in [-0.39, 0.29) is 11.4 Å². The zero-order valence-electron chi connectivity index (χ0n) is 16.2. The molecule has 1 fully saturated rings. The van der Waals surface area contributed by atoms with Gasteiger partial charge in [-0.15, -0.1) is 0 Å². The molecule has 0 aromatic heterocycles. The van der Waals surface area contributed by atoms with Crippen molar-refractivity contribution >= 4 is 34.6 Å². The molecule has 0 saturated carbocycles. The molecule has 1 aromatic rings. The smallest absolute Gasteiger partial charge is 0.266 e. The number of rotatable bonds is 1. The molecule has 4 nitrogen and oxygen atoms in total. The van der Waals surface area contributed by atoms with Crippen LogP contribution in [0.25, 0.3) is 6.08 Å². The van der Waals surface area contributed by atoms with E-state index in [0.29, 0.717) is 5.92 Å². The highest BCUT2D eigenvalue weighted by molar-refractivity contribution is 8.18. The van der Waals surface area contributed by atoms with E-state index in [2.05, 4.69) is 56.8 Å². The van der Waals surface area contributed by atoms with Gasteiger partial charge in [0.25, 0.3) is 5.91 Å². The Morgan fingerprint density at radius 2 is 2.00 bits per heavy atom. The third-order valence-corrected chi connectivity index (χ3v) is 6.65. The lowest BCUT2D eigenvalue weighted by molar-refractivity contribution is -0.121. The van der Waals surface area contributed by atoms with E-state index in [4.69, 9.17) is 0 Å². The number of aryl methyl sites for hydroxylation is 1. The number of nitrogens with zero attached hydrogens (tertiary/aromatic N) is 3. The number of carbonyl (C=O) groups is 1. The first kappa shape index (κ1) is 18.1. The molecule has 5 heteroatoms. The van der Waals surface area contributed by atoms with Crippen molar-refractivity contribution in [3.05, 3.63) is 33.7 Å². The first-order chi connectivity index (χ1) is 11.7. The topological polar surface area (TPSA) is 35.9 Å². The third kappa shape index (κ3) is 2.99. The van der Waals surface area contributed by atoms with Gasteiger partial charge in [0.1, 0.15) is 0 Å². The fourth-order valence-corrected chi connectivity index (χ4v) is 4.70. The number of anilines is 1. The Morgan fingerprint density at radius 3 is 2.60 bits per heavy atom. The maximum atomic E-state index is 12.4. The van der Waals surface area contributed by atoms with Crippen LogP contribution in [0.4, 0.5) is 5.69 Å². The van der Waals surface area contributed by atoms with Crippen LogP contribution in [-0.4, -0.2) is 42.7 Å². The van der Waals surface area contributed by atoms with E-state index < -0.39 is 0 Å². The van der Waals surface area contributed by atoms with Crippen LogP contribution in [0, 0.1) is 6.92 Å². The fourth-order valence-electron chi connectivity index (χ4n) is 3.78. The highest BCUT2D eigenvalue weighted by Crippen LogP contribution is 2.44. The normalized spacial score (nSPS) is 25.9. The minimum absolute atomic E-state index is 0.0222. The van der Waals surface area contributed by atoms with E-state index in [1.165, 1.54) is 28.6 Å². The Morgan fingerprint density at radius 1 is 1.32 bits per heavy atom. The zero-order valence-corrected chi connectivity index (χ0v) is 17.0.